The quantitative estimate of drug-likeness (QED) is 0.120. The maximum Gasteiger partial charge on any atom is 0.322 e. The lowest BCUT2D eigenvalue weighted by Crippen LogP contribution is -2.27. The topological polar surface area (TPSA) is 352 Å². The second-order valence-electron chi connectivity index (χ2n) is 5.50. The molecule has 0 radical (unpaired) electrons. The van der Waals surface area contributed by atoms with Crippen LogP contribution >= 0.6 is 38.0 Å². The lowest BCUT2D eigenvalue weighted by Gasteiger charge is -1.95. The molecule has 0 fully saturated rings. The Balaban J connectivity index is -0.0000000637. The van der Waals surface area contributed by atoms with Crippen LogP contribution in [0.2, 0.25) is 0 Å². The van der Waals surface area contributed by atoms with Crippen LogP contribution in [0.1, 0.15) is 0 Å². The first-order valence-electron chi connectivity index (χ1n) is 7.67. The van der Waals surface area contributed by atoms with Crippen LogP contribution in [0.15, 0.2) is 0 Å². The number of hydrogen-bond acceptors (Lipinski definition) is 8. The molecule has 0 spiro atoms. The van der Waals surface area contributed by atoms with Crippen molar-refractivity contribution < 1.29 is 71.8 Å². The van der Waals surface area contributed by atoms with Crippen molar-refractivity contribution in [2.75, 3.05) is 59.5 Å². The minimum atomic E-state index is -3.64. The fourth-order valence-electron chi connectivity index (χ4n) is 0.329. The SMILES string of the molecule is CP(=O)(O)O.CP(=O)(O)O.CP(=O)(O)O.CP(=O)(O)O.CP(=O)(O)O.NCCNCCN. The monoisotopic (exact) mass is 583 g/mol. The molecule has 0 amide bonds. The molecule has 0 atom stereocenters. The van der Waals surface area contributed by atoms with Gasteiger partial charge in [0.2, 0.25) is 0 Å². The Bertz CT molecular complexity index is 471. The summed E-state index contributed by atoms with van der Waals surface area (Å²) < 4.78 is 46.6. The highest BCUT2D eigenvalue weighted by atomic mass is 31.2. The number of nitrogens with two attached hydrogens (primary N) is 2. The van der Waals surface area contributed by atoms with E-state index < -0.39 is 38.0 Å². The Hall–Kier alpha value is 0.630. The molecule has 0 heterocycles. The van der Waals surface area contributed by atoms with E-state index in [9.17, 15) is 22.8 Å². The van der Waals surface area contributed by atoms with Crippen LogP contribution < -0.4 is 16.8 Å². The van der Waals surface area contributed by atoms with Gasteiger partial charge in [0.15, 0.2) is 0 Å². The van der Waals surface area contributed by atoms with Gasteiger partial charge in [0, 0.05) is 59.5 Å². The third kappa shape index (κ3) is 1250. The molecule has 0 aromatic carbocycles. The van der Waals surface area contributed by atoms with Gasteiger partial charge in [0.05, 0.1) is 0 Å². The zero-order chi connectivity index (χ0) is 28.0. The summed E-state index contributed by atoms with van der Waals surface area (Å²) in [4.78, 5) is 76.3. The lowest BCUT2D eigenvalue weighted by molar-refractivity contribution is 0.379. The molecule has 0 aliphatic rings. The van der Waals surface area contributed by atoms with Crippen LogP contribution in [0, 0.1) is 0 Å². The van der Waals surface area contributed by atoms with Crippen molar-refractivity contribution in [2.45, 2.75) is 0 Å². The fourth-order valence-corrected chi connectivity index (χ4v) is 0.329. The minimum Gasteiger partial charge on any atom is -0.329 e. The third-order valence-corrected chi connectivity index (χ3v) is 0.642. The van der Waals surface area contributed by atoms with Gasteiger partial charge in [0.25, 0.3) is 0 Å². The molecule has 0 rings (SSSR count). The van der Waals surface area contributed by atoms with Gasteiger partial charge in [-0.15, -0.1) is 0 Å². The van der Waals surface area contributed by atoms with Crippen LogP contribution in [0.25, 0.3) is 0 Å². The van der Waals surface area contributed by atoms with Crippen molar-refractivity contribution in [2.24, 2.45) is 11.5 Å². The van der Waals surface area contributed by atoms with Crippen molar-refractivity contribution in [1.29, 1.82) is 0 Å². The van der Waals surface area contributed by atoms with E-state index in [0.29, 0.717) is 13.1 Å². The van der Waals surface area contributed by atoms with E-state index in [4.69, 9.17) is 60.4 Å². The normalized spacial score (nSPS) is 11.3. The van der Waals surface area contributed by atoms with Gasteiger partial charge < -0.3 is 65.7 Å². The molecule has 0 bridgehead atoms. The summed E-state index contributed by atoms with van der Waals surface area (Å²) in [5, 5.41) is 3.03. The summed E-state index contributed by atoms with van der Waals surface area (Å²) in [6.07, 6.45) is 0. The van der Waals surface area contributed by atoms with E-state index in [2.05, 4.69) is 5.32 Å². The van der Waals surface area contributed by atoms with Gasteiger partial charge in [-0.05, 0) is 0 Å². The maximum absolute atomic E-state index is 9.33. The third-order valence-electron chi connectivity index (χ3n) is 0.642. The standard InChI is InChI=1S/C4H13N3.5CH5O3P/c5-1-3-7-4-2-6;5*1-5(2,3)4/h7H,1-6H2;5*1H3,(H2,2,3,4). The maximum atomic E-state index is 9.33. The average Bonchev–Trinajstić information content (AvgIpc) is 2.28. The molecule has 32 heavy (non-hydrogen) atoms. The van der Waals surface area contributed by atoms with Crippen LogP contribution in [0.5, 0.6) is 0 Å². The van der Waals surface area contributed by atoms with E-state index in [-0.39, 0.29) is 0 Å². The van der Waals surface area contributed by atoms with E-state index >= 15 is 0 Å². The first-order valence-corrected chi connectivity index (χ1v) is 18.0. The summed E-state index contributed by atoms with van der Waals surface area (Å²) in [5.74, 6) is 0. The summed E-state index contributed by atoms with van der Waals surface area (Å²) in [6.45, 7) is 7.40. The van der Waals surface area contributed by atoms with Gasteiger partial charge in [-0.3, -0.25) is 22.8 Å². The lowest BCUT2D eigenvalue weighted by atomic mass is 10.6. The number of hydrogen-bond donors (Lipinski definition) is 13. The van der Waals surface area contributed by atoms with Crippen LogP contribution in [-0.2, 0) is 22.8 Å². The zero-order valence-corrected chi connectivity index (χ0v) is 22.7. The predicted molar refractivity (Wildman–Crippen MR) is 121 cm³/mol. The van der Waals surface area contributed by atoms with Crippen LogP contribution in [0.4, 0.5) is 0 Å². The van der Waals surface area contributed by atoms with E-state index in [1.165, 1.54) is 0 Å². The van der Waals surface area contributed by atoms with Crippen LogP contribution in [0.3, 0.4) is 0 Å². The van der Waals surface area contributed by atoms with E-state index in [1.54, 1.807) is 0 Å². The summed E-state index contributed by atoms with van der Waals surface area (Å²) >= 11 is 0. The molecule has 15 N–H and O–H groups in total. The molecule has 23 heteroatoms. The summed E-state index contributed by atoms with van der Waals surface area (Å²) in [6, 6.07) is 0. The van der Waals surface area contributed by atoms with Crippen LogP contribution in [-0.4, -0.2) is 108 Å². The van der Waals surface area contributed by atoms with Crippen molar-refractivity contribution >= 4 is 38.0 Å². The minimum absolute atomic E-state index is 0.694. The highest BCUT2D eigenvalue weighted by Gasteiger charge is 1.97. The number of nitrogens with one attached hydrogen (secondary N) is 1. The average molecular weight is 583 g/mol. The molecule has 0 saturated heterocycles. The summed E-state index contributed by atoms with van der Waals surface area (Å²) in [5.41, 5.74) is 10.3. The Kier molecular flexibility index (Phi) is 33.6. The largest absolute Gasteiger partial charge is 0.329 e. The molecular weight excluding hydrogens is 545 g/mol. The van der Waals surface area contributed by atoms with Gasteiger partial charge >= 0.3 is 38.0 Å². The van der Waals surface area contributed by atoms with Crippen molar-refractivity contribution in [3.8, 4) is 0 Å². The fraction of sp³-hybridized carbons (Fsp3) is 1.00. The smallest absolute Gasteiger partial charge is 0.322 e. The molecule has 204 valence electrons. The van der Waals surface area contributed by atoms with Crippen molar-refractivity contribution in [3.05, 3.63) is 0 Å². The Morgan fingerprint density at radius 1 is 0.469 bits per heavy atom. The van der Waals surface area contributed by atoms with Gasteiger partial charge in [-0.25, -0.2) is 0 Å². The molecule has 0 aromatic heterocycles. The predicted octanol–water partition coefficient (Wildman–Crippen LogP) is -2.54. The second kappa shape index (κ2) is 23.4. The second-order valence-corrected chi connectivity index (χ2v) is 13.9. The zero-order valence-electron chi connectivity index (χ0n) is 18.2. The molecule has 0 unspecified atom stereocenters. The molecular formula is C9H38N3O15P5. The van der Waals surface area contributed by atoms with E-state index in [0.717, 1.165) is 46.4 Å². The Labute approximate surface area is 186 Å². The Morgan fingerprint density at radius 2 is 0.562 bits per heavy atom. The molecule has 18 nitrogen and oxygen atoms in total. The number of rotatable bonds is 4. The molecule has 0 aromatic rings. The highest BCUT2D eigenvalue weighted by molar-refractivity contribution is 7.51. The summed E-state index contributed by atoms with van der Waals surface area (Å²) in [7, 11) is -18.2. The first-order chi connectivity index (χ1) is 13.4. The molecule has 0 aliphatic carbocycles. The van der Waals surface area contributed by atoms with Crippen molar-refractivity contribution in [1.82, 2.24) is 5.32 Å². The highest BCUT2D eigenvalue weighted by Crippen LogP contribution is 2.28. The molecule has 0 saturated carbocycles. The first kappa shape index (κ1) is 46.0. The van der Waals surface area contributed by atoms with Gasteiger partial charge in [-0.1, -0.05) is 0 Å². The van der Waals surface area contributed by atoms with Crippen molar-refractivity contribution in [3.63, 3.8) is 0 Å². The van der Waals surface area contributed by atoms with Gasteiger partial charge in [-0.2, -0.15) is 0 Å². The Morgan fingerprint density at radius 3 is 0.625 bits per heavy atom. The van der Waals surface area contributed by atoms with E-state index in [1.807, 2.05) is 0 Å². The molecule has 0 aliphatic heterocycles. The van der Waals surface area contributed by atoms with Gasteiger partial charge in [0.1, 0.15) is 0 Å².